The van der Waals surface area contributed by atoms with Crippen LogP contribution in [-0.4, -0.2) is 188 Å². The lowest BCUT2D eigenvalue weighted by atomic mass is 9.79. The lowest BCUT2D eigenvalue weighted by molar-refractivity contribution is -0.343. The van der Waals surface area contributed by atoms with Crippen LogP contribution < -0.4 is 0 Å². The van der Waals surface area contributed by atoms with Crippen molar-refractivity contribution < 1.29 is 87.0 Å². The molecule has 0 aromatic carbocycles. The third-order valence-electron chi connectivity index (χ3n) is 14.1. The van der Waals surface area contributed by atoms with Crippen LogP contribution >= 0.6 is 0 Å². The number of carbonyl (C=O) groups excluding carboxylic acids is 4. The second-order valence-corrected chi connectivity index (χ2v) is 20.3. The van der Waals surface area contributed by atoms with E-state index in [-0.39, 0.29) is 31.7 Å². The number of nitrogens with zero attached hydrogens (tertiary/aromatic N) is 1. The van der Waals surface area contributed by atoms with Crippen LogP contribution in [0.5, 0.6) is 0 Å². The molecule has 4 heterocycles. The van der Waals surface area contributed by atoms with Gasteiger partial charge in [0.15, 0.2) is 30.8 Å². The largest absolute Gasteiger partial charge is 0.462 e. The van der Waals surface area contributed by atoms with Crippen molar-refractivity contribution in [1.29, 1.82) is 0 Å². The molecule has 4 N–H and O–H groups in total. The fourth-order valence-corrected chi connectivity index (χ4v) is 9.88. The molecule has 0 bridgehead atoms. The SMILES string of the molecule is CC[C@H]1OC(=O)C[C@@H](O)[C@H](C)[C@@H](O[C@@H]2O[C@H](C)[C@@H](O[C@H]3C[C@@](C)(O)[C@@H](O)[C@H](C)O3)[C@H](N(C)C)[C@H]2OC(=O)C(C)C)[C@@H](CC=O)C[C@@H](C)C(=O)C=CC(C)=C[C@@H]1CO[C@@H]1O[C@H](C)[C@@H](O)[C@@H](OC)[C@H]1OC. The maximum Gasteiger partial charge on any atom is 0.308 e. The molecule has 0 amide bonds. The highest BCUT2D eigenvalue weighted by atomic mass is 16.7. The Morgan fingerprint density at radius 3 is 2.13 bits per heavy atom. The average Bonchev–Trinajstić information content (AvgIpc) is 3.28. The molecule has 0 spiro atoms. The number of cyclic esters (lactones) is 1. The Balaban J connectivity index is 1.71. The summed E-state index contributed by atoms with van der Waals surface area (Å²) in [5, 5.41) is 44.3. The fraction of sp³-hybridized carbons (Fsp3) is 0.840. The van der Waals surface area contributed by atoms with Gasteiger partial charge in [0.25, 0.3) is 0 Å². The summed E-state index contributed by atoms with van der Waals surface area (Å²) in [6.07, 6.45) is -8.80. The second-order valence-electron chi connectivity index (χ2n) is 20.3. The molecule has 0 aromatic rings. The number of hydrogen-bond donors (Lipinski definition) is 4. The third kappa shape index (κ3) is 15.1. The summed E-state index contributed by atoms with van der Waals surface area (Å²) < 4.78 is 61.8. The molecule has 21 atom stereocenters. The first kappa shape index (κ1) is 58.8. The summed E-state index contributed by atoms with van der Waals surface area (Å²) in [4.78, 5) is 55.6. The van der Waals surface area contributed by atoms with Crippen LogP contribution in [0.15, 0.2) is 23.8 Å². The van der Waals surface area contributed by atoms with E-state index in [1.54, 1.807) is 80.5 Å². The molecule has 4 aliphatic heterocycles. The number of methoxy groups -OCH3 is 2. The van der Waals surface area contributed by atoms with E-state index in [2.05, 4.69) is 0 Å². The number of aliphatic hydroxyl groups is 4. The van der Waals surface area contributed by atoms with Gasteiger partial charge in [-0.1, -0.05) is 52.3 Å². The maximum absolute atomic E-state index is 13.9. The minimum Gasteiger partial charge on any atom is -0.462 e. The van der Waals surface area contributed by atoms with Crippen LogP contribution in [0.4, 0.5) is 0 Å². The van der Waals surface area contributed by atoms with E-state index in [1.165, 1.54) is 27.2 Å². The first-order valence-corrected chi connectivity index (χ1v) is 24.5. The minimum absolute atomic E-state index is 0.0215. The molecule has 0 radical (unpaired) electrons. The van der Waals surface area contributed by atoms with Crippen molar-refractivity contribution in [2.24, 2.45) is 29.6 Å². The van der Waals surface area contributed by atoms with Gasteiger partial charge in [0.1, 0.15) is 42.9 Å². The zero-order valence-electron chi connectivity index (χ0n) is 43.1. The van der Waals surface area contributed by atoms with E-state index < -0.39 is 152 Å². The zero-order chi connectivity index (χ0) is 51.7. The number of ether oxygens (including phenoxy) is 10. The highest BCUT2D eigenvalue weighted by molar-refractivity contribution is 5.91. The molecule has 396 valence electrons. The van der Waals surface area contributed by atoms with E-state index in [0.717, 1.165) is 6.29 Å². The highest BCUT2D eigenvalue weighted by Gasteiger charge is 2.54. The van der Waals surface area contributed by atoms with Gasteiger partial charge in [-0.2, -0.15) is 0 Å². The topological polar surface area (TPSA) is 245 Å². The number of aldehydes is 1. The predicted molar refractivity (Wildman–Crippen MR) is 249 cm³/mol. The summed E-state index contributed by atoms with van der Waals surface area (Å²) >= 11 is 0. The van der Waals surface area contributed by atoms with Crippen molar-refractivity contribution in [2.75, 3.05) is 34.9 Å². The van der Waals surface area contributed by atoms with E-state index in [1.807, 2.05) is 13.0 Å². The summed E-state index contributed by atoms with van der Waals surface area (Å²) in [5.74, 6) is -4.89. The van der Waals surface area contributed by atoms with Crippen LogP contribution in [-0.2, 0) is 66.5 Å². The molecule has 4 aliphatic rings. The lowest BCUT2D eigenvalue weighted by Gasteiger charge is -2.51. The molecular formula is C50H83NO18. The van der Waals surface area contributed by atoms with Gasteiger partial charge in [-0.05, 0) is 73.5 Å². The summed E-state index contributed by atoms with van der Waals surface area (Å²) in [7, 11) is 6.47. The smallest absolute Gasteiger partial charge is 0.308 e. The van der Waals surface area contributed by atoms with Crippen molar-refractivity contribution in [2.45, 2.75) is 205 Å². The standard InChI is InChI=1S/C50H83NO18/c1-15-36-33(24-62-48-45(61-14)44(60-13)40(56)29(7)64-48)20-26(4)16-17-34(53)27(5)21-32(18-19-52)41(28(6)35(54)22-37(55)66-36)69-49-43(68-47(58)25(2)3)39(51(11)12)42(30(8)65-49)67-38-23-50(10,59)46(57)31(9)63-38/h16-17,19-20,25,27-33,35-36,38-46,48-49,54,56-57,59H,15,18,21-24H2,1-14H3/t27-,28+,29-,30-,31+,32+,33-,35-,36-,38+,39+,40-,41-,42-,43-,44-,45-,46+,48-,49+,50-/m1/s1. The second kappa shape index (κ2) is 26.3. The van der Waals surface area contributed by atoms with Gasteiger partial charge < -0.3 is 77.5 Å². The summed E-state index contributed by atoms with van der Waals surface area (Å²) in [5.41, 5.74) is -0.854. The molecule has 3 saturated heterocycles. The quantitative estimate of drug-likeness (QED) is 0.136. The van der Waals surface area contributed by atoms with Gasteiger partial charge in [0, 0.05) is 44.8 Å². The molecule has 0 saturated carbocycles. The Morgan fingerprint density at radius 2 is 1.55 bits per heavy atom. The van der Waals surface area contributed by atoms with Gasteiger partial charge in [-0.15, -0.1) is 0 Å². The number of rotatable bonds is 15. The zero-order valence-corrected chi connectivity index (χ0v) is 43.1. The number of likely N-dealkylation sites (N-methyl/N-ethyl adjacent to an activating group) is 1. The molecule has 19 nitrogen and oxygen atoms in total. The van der Waals surface area contributed by atoms with Crippen LogP contribution in [0.3, 0.4) is 0 Å². The van der Waals surface area contributed by atoms with Crippen LogP contribution in [0.25, 0.3) is 0 Å². The Kier molecular flexibility index (Phi) is 22.4. The first-order chi connectivity index (χ1) is 32.4. The number of esters is 2. The Labute approximate surface area is 408 Å². The van der Waals surface area contributed by atoms with E-state index in [9.17, 15) is 39.6 Å². The Hall–Kier alpha value is -2.76. The van der Waals surface area contributed by atoms with Crippen molar-refractivity contribution in [3.05, 3.63) is 23.8 Å². The van der Waals surface area contributed by atoms with Crippen LogP contribution in [0, 0.1) is 29.6 Å². The van der Waals surface area contributed by atoms with E-state index in [0.29, 0.717) is 12.0 Å². The van der Waals surface area contributed by atoms with Crippen LogP contribution in [0.1, 0.15) is 101 Å². The monoisotopic (exact) mass is 986 g/mol. The molecule has 3 fully saturated rings. The van der Waals surface area contributed by atoms with Crippen molar-refractivity contribution in [1.82, 2.24) is 4.90 Å². The van der Waals surface area contributed by atoms with Gasteiger partial charge in [0.2, 0.25) is 0 Å². The molecule has 0 aliphatic carbocycles. The first-order valence-electron chi connectivity index (χ1n) is 24.5. The normalized spacial score (nSPS) is 42.2. The molecule has 69 heavy (non-hydrogen) atoms. The number of aliphatic hydroxyl groups excluding tert-OH is 3. The van der Waals surface area contributed by atoms with E-state index in [4.69, 9.17) is 47.4 Å². The molecular weight excluding hydrogens is 903 g/mol. The Morgan fingerprint density at radius 1 is 0.899 bits per heavy atom. The van der Waals surface area contributed by atoms with Gasteiger partial charge in [-0.25, -0.2) is 0 Å². The molecule has 4 rings (SSSR count). The summed E-state index contributed by atoms with van der Waals surface area (Å²) in [6, 6.07) is -0.755. The maximum atomic E-state index is 13.9. The lowest BCUT2D eigenvalue weighted by Crippen LogP contribution is -2.66. The highest BCUT2D eigenvalue weighted by Crippen LogP contribution is 2.39. The Bertz CT molecular complexity index is 1720. The molecule has 0 aromatic heterocycles. The van der Waals surface area contributed by atoms with E-state index >= 15 is 0 Å². The van der Waals surface area contributed by atoms with Gasteiger partial charge >= 0.3 is 11.9 Å². The van der Waals surface area contributed by atoms with Crippen molar-refractivity contribution in [3.63, 3.8) is 0 Å². The molecule has 19 heteroatoms. The predicted octanol–water partition coefficient (Wildman–Crippen LogP) is 3.04. The number of hydrogen-bond acceptors (Lipinski definition) is 19. The van der Waals surface area contributed by atoms with Gasteiger partial charge in [-0.3, -0.25) is 14.4 Å². The number of carbonyl (C=O) groups is 4. The van der Waals surface area contributed by atoms with Crippen molar-refractivity contribution >= 4 is 24.0 Å². The number of allylic oxidation sites excluding steroid dienone is 3. The minimum atomic E-state index is -1.53. The fourth-order valence-electron chi connectivity index (χ4n) is 9.88. The summed E-state index contributed by atoms with van der Waals surface area (Å²) in [6.45, 7) is 17.0. The van der Waals surface area contributed by atoms with Crippen molar-refractivity contribution in [3.8, 4) is 0 Å². The van der Waals surface area contributed by atoms with Crippen LogP contribution in [0.2, 0.25) is 0 Å². The number of ketones is 1. The average molecular weight is 986 g/mol. The molecule has 0 unspecified atom stereocenters. The van der Waals surface area contributed by atoms with Gasteiger partial charge in [0.05, 0.1) is 61.1 Å². The third-order valence-corrected chi connectivity index (χ3v) is 14.1.